The second kappa shape index (κ2) is 8.73. The van der Waals surface area contributed by atoms with E-state index < -0.39 is 15.9 Å². The molecule has 2 aromatic heterocycles. The Labute approximate surface area is 163 Å². The zero-order valence-corrected chi connectivity index (χ0v) is 16.1. The second-order valence-corrected chi connectivity index (χ2v) is 7.94. The fourth-order valence-electron chi connectivity index (χ4n) is 2.63. The molecule has 3 aromatic rings. The summed E-state index contributed by atoms with van der Waals surface area (Å²) < 4.78 is 26.9. The van der Waals surface area contributed by atoms with E-state index in [4.69, 9.17) is 0 Å². The highest BCUT2D eigenvalue weighted by atomic mass is 32.2. The minimum atomic E-state index is -3.74. The van der Waals surface area contributed by atoms with Gasteiger partial charge in [0.05, 0.1) is 17.1 Å². The molecule has 0 atom stereocenters. The van der Waals surface area contributed by atoms with Gasteiger partial charge >= 0.3 is 0 Å². The summed E-state index contributed by atoms with van der Waals surface area (Å²) >= 11 is 0. The maximum absolute atomic E-state index is 12.3. The fraction of sp³-hybridized carbons (Fsp3) is 0.150. The van der Waals surface area contributed by atoms with E-state index in [9.17, 15) is 13.2 Å². The number of carbonyl (C=O) groups excluding carboxylic acids is 1. The van der Waals surface area contributed by atoms with E-state index >= 15 is 0 Å². The molecular weight excluding hydrogens is 376 g/mol. The summed E-state index contributed by atoms with van der Waals surface area (Å²) in [5, 5.41) is 2.72. The molecule has 2 heterocycles. The number of nitrogens with one attached hydrogen (secondary N) is 2. The summed E-state index contributed by atoms with van der Waals surface area (Å²) in [6.45, 7) is 1.68. The lowest BCUT2D eigenvalue weighted by atomic mass is 10.1. The summed E-state index contributed by atoms with van der Waals surface area (Å²) in [7, 11) is -3.74. The highest BCUT2D eigenvalue weighted by Gasteiger charge is 2.16. The predicted molar refractivity (Wildman–Crippen MR) is 106 cm³/mol. The molecule has 0 radical (unpaired) electrons. The number of hydrogen-bond acceptors (Lipinski definition) is 5. The van der Waals surface area contributed by atoms with Crippen LogP contribution in [0.2, 0.25) is 0 Å². The van der Waals surface area contributed by atoms with E-state index in [1.807, 2.05) is 18.2 Å². The first-order valence-electron chi connectivity index (χ1n) is 8.63. The Hall–Kier alpha value is -3.10. The molecule has 2 N–H and O–H groups in total. The van der Waals surface area contributed by atoms with Crippen molar-refractivity contribution in [3.05, 3.63) is 78.2 Å². The maximum atomic E-state index is 12.3. The molecule has 1 amide bonds. The number of rotatable bonds is 7. The molecule has 3 rings (SSSR count). The van der Waals surface area contributed by atoms with E-state index in [0.717, 1.165) is 22.4 Å². The number of aromatic nitrogens is 2. The van der Waals surface area contributed by atoms with Gasteiger partial charge in [-0.1, -0.05) is 18.2 Å². The number of amides is 1. The van der Waals surface area contributed by atoms with Crippen molar-refractivity contribution in [1.82, 2.24) is 20.0 Å². The van der Waals surface area contributed by atoms with Crippen LogP contribution < -0.4 is 10.0 Å². The Morgan fingerprint density at radius 1 is 1.07 bits per heavy atom. The van der Waals surface area contributed by atoms with Crippen LogP contribution in [0.5, 0.6) is 0 Å². The topological polar surface area (TPSA) is 101 Å². The normalized spacial score (nSPS) is 11.2. The largest absolute Gasteiger partial charge is 0.351 e. The van der Waals surface area contributed by atoms with Gasteiger partial charge in [-0.25, -0.2) is 13.1 Å². The van der Waals surface area contributed by atoms with Crippen molar-refractivity contribution in [2.24, 2.45) is 0 Å². The summed E-state index contributed by atoms with van der Waals surface area (Å²) in [5.41, 5.74) is 3.20. The molecule has 144 valence electrons. The molecule has 0 aliphatic heterocycles. The van der Waals surface area contributed by atoms with Gasteiger partial charge in [0.1, 0.15) is 0 Å². The molecule has 8 heteroatoms. The molecule has 0 saturated carbocycles. The van der Waals surface area contributed by atoms with Crippen LogP contribution in [0.3, 0.4) is 0 Å². The highest BCUT2D eigenvalue weighted by molar-refractivity contribution is 7.89. The Kier molecular flexibility index (Phi) is 6.13. The summed E-state index contributed by atoms with van der Waals surface area (Å²) in [4.78, 5) is 20.7. The smallest absolute Gasteiger partial charge is 0.241 e. The first-order chi connectivity index (χ1) is 13.5. The van der Waals surface area contributed by atoms with E-state index in [1.54, 1.807) is 49.8 Å². The Morgan fingerprint density at radius 2 is 1.89 bits per heavy atom. The third-order valence-corrected chi connectivity index (χ3v) is 5.42. The number of nitrogens with zero attached hydrogens (tertiary/aromatic N) is 2. The molecule has 0 bridgehead atoms. The Balaban J connectivity index is 1.61. The van der Waals surface area contributed by atoms with Gasteiger partial charge in [0.25, 0.3) is 0 Å². The molecule has 0 aliphatic carbocycles. The van der Waals surface area contributed by atoms with Crippen molar-refractivity contribution in [3.63, 3.8) is 0 Å². The van der Waals surface area contributed by atoms with Crippen LogP contribution in [0.1, 0.15) is 11.1 Å². The summed E-state index contributed by atoms with van der Waals surface area (Å²) in [5.74, 6) is -0.433. The van der Waals surface area contributed by atoms with Crippen LogP contribution in [0, 0.1) is 6.92 Å². The van der Waals surface area contributed by atoms with E-state index in [-0.39, 0.29) is 18.0 Å². The highest BCUT2D eigenvalue weighted by Crippen LogP contribution is 2.19. The fourth-order valence-corrected chi connectivity index (χ4v) is 3.71. The molecule has 0 unspecified atom stereocenters. The average molecular weight is 396 g/mol. The van der Waals surface area contributed by atoms with Crippen molar-refractivity contribution >= 4 is 15.9 Å². The lowest BCUT2D eigenvalue weighted by molar-refractivity contribution is -0.120. The van der Waals surface area contributed by atoms with Gasteiger partial charge < -0.3 is 5.32 Å². The van der Waals surface area contributed by atoms with Gasteiger partial charge in [-0.05, 0) is 48.4 Å². The SMILES string of the molecule is Cc1cccc(S(=O)(=O)NCC(=O)NCc2cccnc2-c2cccnc2)c1. The minimum absolute atomic E-state index is 0.131. The molecule has 28 heavy (non-hydrogen) atoms. The lowest BCUT2D eigenvalue weighted by Gasteiger charge is -2.11. The molecule has 0 spiro atoms. The van der Waals surface area contributed by atoms with Crippen LogP contribution in [0.15, 0.2) is 72.0 Å². The molecule has 1 aromatic carbocycles. The van der Waals surface area contributed by atoms with Crippen molar-refractivity contribution in [2.75, 3.05) is 6.54 Å². The molecule has 7 nitrogen and oxygen atoms in total. The van der Waals surface area contributed by atoms with Crippen LogP contribution in [-0.4, -0.2) is 30.8 Å². The molecule has 0 aliphatic rings. The van der Waals surface area contributed by atoms with Crippen molar-refractivity contribution < 1.29 is 13.2 Å². The van der Waals surface area contributed by atoms with Crippen LogP contribution in [0.4, 0.5) is 0 Å². The minimum Gasteiger partial charge on any atom is -0.351 e. The Morgan fingerprint density at radius 3 is 2.64 bits per heavy atom. The molecule has 0 fully saturated rings. The Bertz CT molecular complexity index is 1070. The van der Waals surface area contributed by atoms with Crippen LogP contribution >= 0.6 is 0 Å². The van der Waals surface area contributed by atoms with Crippen LogP contribution in [-0.2, 0) is 21.4 Å². The number of hydrogen-bond donors (Lipinski definition) is 2. The van der Waals surface area contributed by atoms with Gasteiger partial charge in [-0.2, -0.15) is 0 Å². The van der Waals surface area contributed by atoms with Gasteiger partial charge in [0.2, 0.25) is 15.9 Å². The summed E-state index contributed by atoms with van der Waals surface area (Å²) in [6, 6.07) is 13.8. The molecule has 0 saturated heterocycles. The average Bonchev–Trinajstić information content (AvgIpc) is 2.72. The van der Waals surface area contributed by atoms with E-state index in [2.05, 4.69) is 20.0 Å². The third-order valence-electron chi connectivity index (χ3n) is 4.02. The summed E-state index contributed by atoms with van der Waals surface area (Å²) in [6.07, 6.45) is 5.04. The van der Waals surface area contributed by atoms with E-state index in [1.165, 1.54) is 6.07 Å². The number of benzene rings is 1. The predicted octanol–water partition coefficient (Wildman–Crippen LogP) is 2.05. The number of sulfonamides is 1. The van der Waals surface area contributed by atoms with Crippen molar-refractivity contribution in [3.8, 4) is 11.3 Å². The first kappa shape index (κ1) is 19.7. The zero-order valence-electron chi connectivity index (χ0n) is 15.3. The lowest BCUT2D eigenvalue weighted by Crippen LogP contribution is -2.36. The van der Waals surface area contributed by atoms with Crippen LogP contribution in [0.25, 0.3) is 11.3 Å². The van der Waals surface area contributed by atoms with Gasteiger partial charge in [-0.15, -0.1) is 0 Å². The number of aryl methyl sites for hydroxylation is 1. The monoisotopic (exact) mass is 396 g/mol. The van der Waals surface area contributed by atoms with Gasteiger partial charge in [0, 0.05) is 30.7 Å². The van der Waals surface area contributed by atoms with Gasteiger partial charge in [-0.3, -0.25) is 14.8 Å². The van der Waals surface area contributed by atoms with Gasteiger partial charge in [0.15, 0.2) is 0 Å². The standard InChI is InChI=1S/C20H20N4O3S/c1-15-5-2-8-18(11-15)28(26,27)24-14-19(25)23-13-17-7-4-10-22-20(17)16-6-3-9-21-12-16/h2-12,24H,13-14H2,1H3,(H,23,25). The maximum Gasteiger partial charge on any atom is 0.241 e. The number of carbonyl (C=O) groups is 1. The quantitative estimate of drug-likeness (QED) is 0.636. The first-order valence-corrected chi connectivity index (χ1v) is 10.1. The number of pyridine rings is 2. The third kappa shape index (κ3) is 4.99. The van der Waals surface area contributed by atoms with Crippen molar-refractivity contribution in [2.45, 2.75) is 18.4 Å². The van der Waals surface area contributed by atoms with Crippen molar-refractivity contribution in [1.29, 1.82) is 0 Å². The molecular formula is C20H20N4O3S. The van der Waals surface area contributed by atoms with E-state index in [0.29, 0.717) is 0 Å². The second-order valence-electron chi connectivity index (χ2n) is 6.17. The zero-order chi connectivity index (χ0) is 20.0.